The predicted octanol–water partition coefficient (Wildman–Crippen LogP) is 2.60. The minimum atomic E-state index is 1.27. The fraction of sp³-hybridized carbons (Fsp3) is 0.400. The molecule has 0 aromatic heterocycles. The van der Waals surface area contributed by atoms with Gasteiger partial charge in [0.25, 0.3) is 0 Å². The molecular weight excluding hydrogens is 143 g/mol. The van der Waals surface area contributed by atoms with Crippen molar-refractivity contribution in [2.75, 3.05) is 0 Å². The first-order valence-corrected chi connectivity index (χ1v) is 5.89. The maximum absolute atomic E-state index is 2.22. The Morgan fingerprint density at radius 2 is 1.73 bits per heavy atom. The molecule has 0 nitrogen and oxygen atoms in total. The van der Waals surface area contributed by atoms with Crippen molar-refractivity contribution in [3.8, 4) is 0 Å². The number of hydrogen-bond acceptors (Lipinski definition) is 0. The molecule has 54 valence electrons. The van der Waals surface area contributed by atoms with E-state index in [2.05, 4.69) is 30.3 Å². The second-order valence-electron chi connectivity index (χ2n) is 2.94. The average molecular weight is 156 g/mol. The van der Waals surface area contributed by atoms with Crippen LogP contribution in [0, 0.1) is 0 Å². The Balaban J connectivity index is 2.28. The van der Waals surface area contributed by atoms with Gasteiger partial charge in [-0.05, 0) is 0 Å². The molecule has 0 spiro atoms. The summed E-state index contributed by atoms with van der Waals surface area (Å²) in [5, 5.41) is 0. The third kappa shape index (κ3) is 3.95. The summed E-state index contributed by atoms with van der Waals surface area (Å²) in [4.78, 5) is 0. The van der Waals surface area contributed by atoms with Crippen LogP contribution in [0.3, 0.4) is 0 Å². The van der Waals surface area contributed by atoms with Crippen LogP contribution >= 0.6 is 0 Å². The van der Waals surface area contributed by atoms with Gasteiger partial charge in [0.2, 0.25) is 0 Å². The van der Waals surface area contributed by atoms with Gasteiger partial charge in [-0.2, -0.15) is 0 Å². The van der Waals surface area contributed by atoms with E-state index in [1.54, 1.807) is 0 Å². The molecule has 0 fully saturated rings. The van der Waals surface area contributed by atoms with Crippen LogP contribution in [0.15, 0.2) is 30.3 Å². The van der Waals surface area contributed by atoms with Gasteiger partial charge in [-0.25, -0.2) is 0 Å². The van der Waals surface area contributed by atoms with Gasteiger partial charge in [-0.3, -0.25) is 0 Å². The summed E-state index contributed by atoms with van der Waals surface area (Å²) >= 11 is 1.37. The maximum atomic E-state index is 2.22. The molecule has 0 heterocycles. The van der Waals surface area contributed by atoms with Gasteiger partial charge in [-0.15, -0.1) is 0 Å². The summed E-state index contributed by atoms with van der Waals surface area (Å²) in [5.74, 6) is 0. The molecule has 0 saturated carbocycles. The van der Waals surface area contributed by atoms with Gasteiger partial charge >= 0.3 is 86.8 Å². The van der Waals surface area contributed by atoms with Crippen LogP contribution in [0.2, 0.25) is 3.67 Å². The third-order valence-corrected chi connectivity index (χ3v) is 2.62. The quantitative estimate of drug-likeness (QED) is 0.464. The number of rotatable bonds is 4. The number of hydrogen-bond donors (Lipinski definition) is 0. The Labute approximate surface area is 86.4 Å². The zero-order chi connectivity index (χ0) is 7.94. The Kier molecular flexibility index (Phi) is 4.92. The Bertz CT molecular complexity index is 181. The van der Waals surface area contributed by atoms with Crippen LogP contribution in [0.4, 0.5) is 0 Å². The minimum absolute atomic E-state index is 1.27. The van der Waals surface area contributed by atoms with Gasteiger partial charge < -0.3 is 0 Å². The van der Waals surface area contributed by atoms with E-state index in [0.717, 1.165) is 0 Å². The van der Waals surface area contributed by atoms with E-state index in [4.69, 9.17) is 0 Å². The van der Waals surface area contributed by atoms with Gasteiger partial charge in [0.1, 0.15) is 0 Å². The van der Waals surface area contributed by atoms with E-state index in [1.807, 2.05) is 0 Å². The molecule has 1 aromatic rings. The molecular formula is C10H13Na. The van der Waals surface area contributed by atoms with Crippen molar-refractivity contribution in [3.63, 3.8) is 0 Å². The van der Waals surface area contributed by atoms with E-state index in [-0.39, 0.29) is 0 Å². The first-order chi connectivity index (χ1) is 5.43. The van der Waals surface area contributed by atoms with E-state index in [9.17, 15) is 0 Å². The van der Waals surface area contributed by atoms with Crippen molar-refractivity contribution in [1.82, 2.24) is 0 Å². The van der Waals surface area contributed by atoms with Crippen LogP contribution in [-0.4, -0.2) is 27.9 Å². The summed E-state index contributed by atoms with van der Waals surface area (Å²) in [5.41, 5.74) is 1.49. The Hall–Kier alpha value is 0.220. The summed E-state index contributed by atoms with van der Waals surface area (Å²) in [6.45, 7) is 0. The molecule has 0 unspecified atom stereocenters. The fourth-order valence-electron chi connectivity index (χ4n) is 1.22. The Morgan fingerprint density at radius 1 is 1.00 bits per heavy atom. The molecule has 0 atom stereocenters. The van der Waals surface area contributed by atoms with E-state index < -0.39 is 0 Å². The van der Waals surface area contributed by atoms with Crippen molar-refractivity contribution in [2.45, 2.75) is 22.9 Å². The van der Waals surface area contributed by atoms with Crippen LogP contribution in [0.1, 0.15) is 18.4 Å². The van der Waals surface area contributed by atoms with Crippen molar-refractivity contribution in [1.29, 1.82) is 0 Å². The second kappa shape index (κ2) is 5.82. The molecule has 0 bridgehead atoms. The molecule has 1 aromatic carbocycles. The van der Waals surface area contributed by atoms with Crippen LogP contribution in [0.25, 0.3) is 0 Å². The third-order valence-electron chi connectivity index (χ3n) is 1.91. The number of unbranched alkanes of at least 4 members (excludes halogenated alkanes) is 1. The SMILES string of the molecule is [Na][CH2]CCCc1ccccc1. The normalized spacial score (nSPS) is 10.0. The second-order valence-corrected chi connectivity index (χ2v) is 3.94. The molecule has 11 heavy (non-hydrogen) atoms. The van der Waals surface area contributed by atoms with Crippen LogP contribution in [0.5, 0.6) is 0 Å². The summed E-state index contributed by atoms with van der Waals surface area (Å²) in [7, 11) is 0. The summed E-state index contributed by atoms with van der Waals surface area (Å²) in [6.07, 6.45) is 4.05. The predicted molar refractivity (Wildman–Crippen MR) is 49.9 cm³/mol. The molecule has 0 radical (unpaired) electrons. The first kappa shape index (κ1) is 9.31. The molecule has 0 amide bonds. The van der Waals surface area contributed by atoms with Crippen LogP contribution in [-0.2, 0) is 6.42 Å². The topological polar surface area (TPSA) is 0 Å². The molecule has 0 aliphatic heterocycles. The van der Waals surface area contributed by atoms with E-state index in [1.165, 1.54) is 56.4 Å². The molecule has 1 rings (SSSR count). The zero-order valence-corrected chi connectivity index (χ0v) is 9.22. The molecule has 1 heteroatoms. The van der Waals surface area contributed by atoms with Gasteiger partial charge in [-0.1, -0.05) is 0 Å². The van der Waals surface area contributed by atoms with Gasteiger partial charge in [0.15, 0.2) is 0 Å². The van der Waals surface area contributed by atoms with Crippen molar-refractivity contribution >= 4 is 27.9 Å². The zero-order valence-electron chi connectivity index (χ0n) is 7.22. The standard InChI is InChI=1S/C10H13.Na/c1-2-3-7-10-8-5-4-6-9-10;/h4-6,8-9H,1-3,7H2;. The van der Waals surface area contributed by atoms with Crippen molar-refractivity contribution in [2.24, 2.45) is 0 Å². The molecule has 0 aliphatic carbocycles. The van der Waals surface area contributed by atoms with E-state index >= 15 is 0 Å². The van der Waals surface area contributed by atoms with Gasteiger partial charge in [0, 0.05) is 0 Å². The van der Waals surface area contributed by atoms with Crippen LogP contribution < -0.4 is 0 Å². The molecule has 0 saturated heterocycles. The fourth-order valence-corrected chi connectivity index (χ4v) is 1.72. The summed E-state index contributed by atoms with van der Waals surface area (Å²) in [6, 6.07) is 10.8. The first-order valence-electron chi connectivity index (χ1n) is 4.47. The Morgan fingerprint density at radius 3 is 2.36 bits per heavy atom. The molecule has 0 aliphatic rings. The van der Waals surface area contributed by atoms with E-state index in [0.29, 0.717) is 0 Å². The van der Waals surface area contributed by atoms with Crippen molar-refractivity contribution < 1.29 is 0 Å². The van der Waals surface area contributed by atoms with Gasteiger partial charge in [0.05, 0.1) is 0 Å². The average Bonchev–Trinajstić information content (AvgIpc) is 2.07. The molecule has 0 N–H and O–H groups in total. The van der Waals surface area contributed by atoms with Crippen molar-refractivity contribution in [3.05, 3.63) is 35.9 Å². The monoisotopic (exact) mass is 156 g/mol. The summed E-state index contributed by atoms with van der Waals surface area (Å²) < 4.78 is 1.45. The number of aryl methyl sites for hydroxylation is 1. The number of benzene rings is 1.